The maximum absolute atomic E-state index is 12.4. The fourth-order valence-corrected chi connectivity index (χ4v) is 2.55. The first-order valence-corrected chi connectivity index (χ1v) is 5.74. The van der Waals surface area contributed by atoms with Crippen LogP contribution in [-0.4, -0.2) is 23.5 Å². The van der Waals surface area contributed by atoms with E-state index in [4.69, 9.17) is 8.85 Å². The third kappa shape index (κ3) is 3.05. The molecule has 0 atom stereocenters. The summed E-state index contributed by atoms with van der Waals surface area (Å²) in [6.07, 6.45) is -4.32. The number of hydrogen-bond acceptors (Lipinski definition) is 2. The normalized spacial score (nSPS) is 12.1. The summed E-state index contributed by atoms with van der Waals surface area (Å²) in [7, 11) is 0.712. The summed E-state index contributed by atoms with van der Waals surface area (Å²) < 4.78 is 47.1. The van der Waals surface area contributed by atoms with Crippen molar-refractivity contribution in [3.63, 3.8) is 0 Å². The monoisotopic (exact) mass is 236 g/mol. The van der Waals surface area contributed by atoms with Crippen LogP contribution in [0.5, 0.6) is 0 Å². The molecule has 0 saturated carbocycles. The molecule has 0 aliphatic carbocycles. The Labute approximate surface area is 87.5 Å². The smallest absolute Gasteiger partial charge is 0.397 e. The predicted octanol–water partition coefficient (Wildman–Crippen LogP) is 1.43. The Morgan fingerprint density at radius 2 is 1.73 bits per heavy atom. The topological polar surface area (TPSA) is 18.5 Å². The van der Waals surface area contributed by atoms with E-state index in [-0.39, 0.29) is 0 Å². The lowest BCUT2D eigenvalue weighted by atomic mass is 10.2. The van der Waals surface area contributed by atoms with Gasteiger partial charge in [-0.2, -0.15) is 13.2 Å². The van der Waals surface area contributed by atoms with E-state index >= 15 is 0 Å². The molecule has 15 heavy (non-hydrogen) atoms. The molecule has 84 valence electrons. The molecule has 0 radical (unpaired) electrons. The fourth-order valence-electron chi connectivity index (χ4n) is 1.23. The molecule has 0 heterocycles. The van der Waals surface area contributed by atoms with Crippen molar-refractivity contribution in [1.82, 2.24) is 0 Å². The van der Waals surface area contributed by atoms with Gasteiger partial charge in [0.05, 0.1) is 5.56 Å². The quantitative estimate of drug-likeness (QED) is 0.739. The van der Waals surface area contributed by atoms with Gasteiger partial charge in [-0.3, -0.25) is 0 Å². The van der Waals surface area contributed by atoms with Crippen LogP contribution in [0.25, 0.3) is 0 Å². The van der Waals surface area contributed by atoms with Gasteiger partial charge in [-0.1, -0.05) is 18.2 Å². The summed E-state index contributed by atoms with van der Waals surface area (Å²) in [4.78, 5) is 0. The van der Waals surface area contributed by atoms with E-state index in [1.807, 2.05) is 0 Å². The predicted molar refractivity (Wildman–Crippen MR) is 52.2 cm³/mol. The van der Waals surface area contributed by atoms with Gasteiger partial charge >= 0.3 is 15.5 Å². The molecule has 0 saturated heterocycles. The summed E-state index contributed by atoms with van der Waals surface area (Å²) in [6.45, 7) is 0. The molecule has 1 rings (SSSR count). The number of alkyl halides is 3. The molecule has 0 bridgehead atoms. The van der Waals surface area contributed by atoms with Crippen molar-refractivity contribution in [3.05, 3.63) is 29.8 Å². The van der Waals surface area contributed by atoms with Crippen LogP contribution in [0.15, 0.2) is 24.3 Å². The zero-order valence-corrected chi connectivity index (χ0v) is 9.49. The van der Waals surface area contributed by atoms with Crippen molar-refractivity contribution >= 4 is 14.5 Å². The second kappa shape index (κ2) is 4.78. The Morgan fingerprint density at radius 3 is 2.20 bits per heavy atom. The highest BCUT2D eigenvalue weighted by molar-refractivity contribution is 6.61. The molecular weight excluding hydrogens is 225 g/mol. The van der Waals surface area contributed by atoms with Gasteiger partial charge in [0, 0.05) is 14.2 Å². The standard InChI is InChI=1S/C9H11F3O2Si/c1-13-15(14-2)8-5-3-4-7(6-8)9(10,11)12/h3-6,15H,1-2H3. The van der Waals surface area contributed by atoms with E-state index in [9.17, 15) is 13.2 Å². The van der Waals surface area contributed by atoms with Crippen LogP contribution in [0.1, 0.15) is 5.56 Å². The van der Waals surface area contributed by atoms with Crippen molar-refractivity contribution in [2.45, 2.75) is 6.18 Å². The Morgan fingerprint density at radius 1 is 1.13 bits per heavy atom. The number of hydrogen-bond donors (Lipinski definition) is 0. The molecule has 0 spiro atoms. The van der Waals surface area contributed by atoms with E-state index < -0.39 is 21.0 Å². The summed E-state index contributed by atoms with van der Waals surface area (Å²) in [5.74, 6) is 0. The van der Waals surface area contributed by atoms with Crippen molar-refractivity contribution in [1.29, 1.82) is 0 Å². The van der Waals surface area contributed by atoms with Crippen molar-refractivity contribution in [3.8, 4) is 0 Å². The molecule has 0 aromatic heterocycles. The van der Waals surface area contributed by atoms with Crippen LogP contribution in [0.2, 0.25) is 0 Å². The zero-order valence-electron chi connectivity index (χ0n) is 8.34. The van der Waals surface area contributed by atoms with Gasteiger partial charge < -0.3 is 8.85 Å². The van der Waals surface area contributed by atoms with Gasteiger partial charge in [0.15, 0.2) is 0 Å². The van der Waals surface area contributed by atoms with Gasteiger partial charge in [0.25, 0.3) is 0 Å². The van der Waals surface area contributed by atoms with Gasteiger partial charge in [-0.05, 0) is 11.3 Å². The van der Waals surface area contributed by atoms with Gasteiger partial charge in [0.2, 0.25) is 0 Å². The van der Waals surface area contributed by atoms with Crippen LogP contribution < -0.4 is 5.19 Å². The summed E-state index contributed by atoms with van der Waals surface area (Å²) in [5.41, 5.74) is -0.674. The van der Waals surface area contributed by atoms with Crippen LogP contribution in [0, 0.1) is 0 Å². The molecule has 0 unspecified atom stereocenters. The van der Waals surface area contributed by atoms with Gasteiger partial charge in [0.1, 0.15) is 0 Å². The third-order valence-electron chi connectivity index (χ3n) is 1.91. The largest absolute Gasteiger partial charge is 0.416 e. The lowest BCUT2D eigenvalue weighted by Gasteiger charge is -2.13. The van der Waals surface area contributed by atoms with E-state index in [0.29, 0.717) is 5.19 Å². The highest BCUT2D eigenvalue weighted by atomic mass is 28.3. The summed E-state index contributed by atoms with van der Waals surface area (Å²) in [6, 6.07) is 5.04. The minimum atomic E-state index is -4.32. The second-order valence-corrected chi connectivity index (χ2v) is 5.20. The molecule has 0 aliphatic rings. The van der Waals surface area contributed by atoms with E-state index in [1.54, 1.807) is 6.07 Å². The number of halogens is 3. The van der Waals surface area contributed by atoms with Crippen LogP contribution in [0.4, 0.5) is 13.2 Å². The van der Waals surface area contributed by atoms with Crippen LogP contribution >= 0.6 is 0 Å². The van der Waals surface area contributed by atoms with Gasteiger partial charge in [-0.25, -0.2) is 0 Å². The molecule has 0 N–H and O–H groups in total. The minimum Gasteiger partial charge on any atom is -0.397 e. The summed E-state index contributed by atoms with van der Waals surface area (Å²) in [5, 5.41) is 0.481. The highest BCUT2D eigenvalue weighted by Crippen LogP contribution is 2.28. The molecule has 0 aliphatic heterocycles. The first-order chi connectivity index (χ1) is 6.99. The first kappa shape index (κ1) is 12.2. The Balaban J connectivity index is 3.02. The number of benzene rings is 1. The number of rotatable bonds is 3. The Kier molecular flexibility index (Phi) is 3.89. The van der Waals surface area contributed by atoms with E-state index in [2.05, 4.69) is 0 Å². The lowest BCUT2D eigenvalue weighted by Crippen LogP contribution is -2.35. The fraction of sp³-hybridized carbons (Fsp3) is 0.333. The molecular formula is C9H11F3O2Si. The van der Waals surface area contributed by atoms with E-state index in [0.717, 1.165) is 12.1 Å². The maximum atomic E-state index is 12.4. The lowest BCUT2D eigenvalue weighted by molar-refractivity contribution is -0.137. The zero-order chi connectivity index (χ0) is 11.5. The molecule has 0 amide bonds. The maximum Gasteiger partial charge on any atom is 0.416 e. The van der Waals surface area contributed by atoms with Crippen molar-refractivity contribution in [2.24, 2.45) is 0 Å². The molecule has 1 aromatic carbocycles. The Bertz CT molecular complexity index is 323. The summed E-state index contributed by atoms with van der Waals surface area (Å²) >= 11 is 0. The molecule has 0 fully saturated rings. The third-order valence-corrected chi connectivity index (χ3v) is 3.67. The average Bonchev–Trinajstić information content (AvgIpc) is 2.19. The average molecular weight is 236 g/mol. The molecule has 2 nitrogen and oxygen atoms in total. The SMILES string of the molecule is CO[SiH](OC)c1cccc(C(F)(F)F)c1. The first-order valence-electron chi connectivity index (χ1n) is 4.21. The molecule has 6 heteroatoms. The van der Waals surface area contributed by atoms with Crippen LogP contribution in [0.3, 0.4) is 0 Å². The van der Waals surface area contributed by atoms with Gasteiger partial charge in [-0.15, -0.1) is 0 Å². The minimum absolute atomic E-state index is 0.481. The van der Waals surface area contributed by atoms with Crippen molar-refractivity contribution < 1.29 is 22.0 Å². The van der Waals surface area contributed by atoms with E-state index in [1.165, 1.54) is 20.3 Å². The van der Waals surface area contributed by atoms with Crippen LogP contribution in [-0.2, 0) is 15.0 Å². The molecule has 1 aromatic rings. The highest BCUT2D eigenvalue weighted by Gasteiger charge is 2.31. The Hall–Kier alpha value is -0.853. The second-order valence-electron chi connectivity index (χ2n) is 2.93. The van der Waals surface area contributed by atoms with Crippen molar-refractivity contribution in [2.75, 3.05) is 14.2 Å².